The first-order chi connectivity index (χ1) is 7.65. The quantitative estimate of drug-likeness (QED) is 0.822. The van der Waals surface area contributed by atoms with Gasteiger partial charge in [-0.05, 0) is 25.5 Å². The molecule has 0 radical (unpaired) electrons. The molecule has 0 atom stereocenters. The van der Waals surface area contributed by atoms with E-state index in [1.165, 1.54) is 0 Å². The van der Waals surface area contributed by atoms with Gasteiger partial charge in [0.2, 0.25) is 0 Å². The molecule has 84 valence electrons. The van der Waals surface area contributed by atoms with Crippen molar-refractivity contribution >= 4 is 11.5 Å². The van der Waals surface area contributed by atoms with Crippen LogP contribution in [-0.2, 0) is 6.54 Å². The first-order valence-corrected chi connectivity index (χ1v) is 5.03. The third-order valence-corrected chi connectivity index (χ3v) is 2.17. The van der Waals surface area contributed by atoms with Crippen LogP contribution in [0.1, 0.15) is 17.0 Å². The number of pyridine rings is 1. The van der Waals surface area contributed by atoms with Crippen molar-refractivity contribution in [3.63, 3.8) is 0 Å². The lowest BCUT2D eigenvalue weighted by Crippen LogP contribution is -2.04. The number of aromatic nitrogens is 2. The lowest BCUT2D eigenvalue weighted by Gasteiger charge is -2.06. The van der Waals surface area contributed by atoms with E-state index in [4.69, 9.17) is 10.3 Å². The predicted molar refractivity (Wildman–Crippen MR) is 62.0 cm³/mol. The lowest BCUT2D eigenvalue weighted by atomic mass is 10.3. The van der Waals surface area contributed by atoms with Crippen LogP contribution in [0.5, 0.6) is 0 Å². The van der Waals surface area contributed by atoms with Crippen LogP contribution in [0.15, 0.2) is 22.9 Å². The molecule has 0 aromatic carbocycles. The summed E-state index contributed by atoms with van der Waals surface area (Å²) in [6.45, 7) is 4.36. The van der Waals surface area contributed by atoms with Crippen LogP contribution in [-0.4, -0.2) is 10.1 Å². The molecule has 5 nitrogen and oxygen atoms in total. The zero-order valence-electron chi connectivity index (χ0n) is 9.32. The fourth-order valence-electron chi connectivity index (χ4n) is 1.42. The monoisotopic (exact) mass is 218 g/mol. The second-order valence-corrected chi connectivity index (χ2v) is 3.73. The molecule has 0 unspecified atom stereocenters. The number of hydrogen-bond donors (Lipinski definition) is 2. The molecule has 2 aromatic rings. The molecule has 16 heavy (non-hydrogen) atoms. The second kappa shape index (κ2) is 4.22. The van der Waals surface area contributed by atoms with Gasteiger partial charge in [0.25, 0.3) is 0 Å². The molecule has 0 saturated carbocycles. The largest absolute Gasteiger partial charge is 0.396 e. The maximum absolute atomic E-state index is 5.82. The van der Waals surface area contributed by atoms with E-state index >= 15 is 0 Å². The van der Waals surface area contributed by atoms with Crippen molar-refractivity contribution < 1.29 is 4.52 Å². The normalized spacial score (nSPS) is 10.4. The maximum Gasteiger partial charge on any atom is 0.149 e. The molecular weight excluding hydrogens is 204 g/mol. The lowest BCUT2D eigenvalue weighted by molar-refractivity contribution is 0.391. The van der Waals surface area contributed by atoms with Crippen molar-refractivity contribution in [2.45, 2.75) is 20.4 Å². The Morgan fingerprint density at radius 3 is 2.81 bits per heavy atom. The predicted octanol–water partition coefficient (Wildman–Crippen LogP) is 1.88. The minimum atomic E-state index is 0.553. The van der Waals surface area contributed by atoms with Gasteiger partial charge in [-0.3, -0.25) is 0 Å². The van der Waals surface area contributed by atoms with Gasteiger partial charge in [0.05, 0.1) is 12.2 Å². The molecule has 3 N–H and O–H groups in total. The molecule has 2 aromatic heterocycles. The van der Waals surface area contributed by atoms with Crippen molar-refractivity contribution in [1.29, 1.82) is 0 Å². The Labute approximate surface area is 93.7 Å². The zero-order valence-corrected chi connectivity index (χ0v) is 9.32. The highest BCUT2D eigenvalue weighted by molar-refractivity contribution is 5.61. The number of nitrogens with one attached hydrogen (secondary N) is 1. The van der Waals surface area contributed by atoms with Gasteiger partial charge in [-0.2, -0.15) is 0 Å². The van der Waals surface area contributed by atoms with E-state index in [1.807, 2.05) is 26.0 Å². The fourth-order valence-corrected chi connectivity index (χ4v) is 1.42. The van der Waals surface area contributed by atoms with E-state index in [-0.39, 0.29) is 0 Å². The second-order valence-electron chi connectivity index (χ2n) is 3.73. The summed E-state index contributed by atoms with van der Waals surface area (Å²) in [5.41, 5.74) is 8.34. The maximum atomic E-state index is 5.82. The molecule has 5 heteroatoms. The summed E-state index contributed by atoms with van der Waals surface area (Å²) in [7, 11) is 0. The molecule has 0 spiro atoms. The van der Waals surface area contributed by atoms with Crippen LogP contribution >= 0.6 is 0 Å². The number of nitrogens with zero attached hydrogens (tertiary/aromatic N) is 2. The average Bonchev–Trinajstić information content (AvgIpc) is 2.63. The third kappa shape index (κ3) is 2.31. The number of nitrogen functional groups attached to an aromatic ring is 1. The molecule has 2 rings (SSSR count). The van der Waals surface area contributed by atoms with E-state index in [2.05, 4.69) is 15.5 Å². The molecule has 0 saturated heterocycles. The highest BCUT2D eigenvalue weighted by Gasteiger charge is 2.03. The Kier molecular flexibility index (Phi) is 2.76. The van der Waals surface area contributed by atoms with Gasteiger partial charge in [-0.15, -0.1) is 0 Å². The standard InChI is InChI=1S/C11H14N4O/c1-7-3-10(12)11(13-5-7)14-6-9-4-8(2)16-15-9/h3-5H,6,12H2,1-2H3,(H,13,14). The van der Waals surface area contributed by atoms with Crippen molar-refractivity contribution in [1.82, 2.24) is 10.1 Å². The SMILES string of the molecule is Cc1cnc(NCc2cc(C)on2)c(N)c1. The van der Waals surface area contributed by atoms with E-state index in [1.54, 1.807) is 6.20 Å². The molecule has 0 aliphatic heterocycles. The molecule has 0 aliphatic carbocycles. The highest BCUT2D eigenvalue weighted by Crippen LogP contribution is 2.16. The Morgan fingerprint density at radius 1 is 1.38 bits per heavy atom. The van der Waals surface area contributed by atoms with Gasteiger partial charge < -0.3 is 15.6 Å². The van der Waals surface area contributed by atoms with Crippen LogP contribution < -0.4 is 11.1 Å². The van der Waals surface area contributed by atoms with Gasteiger partial charge in [0.1, 0.15) is 17.3 Å². The fraction of sp³-hybridized carbons (Fsp3) is 0.273. The summed E-state index contributed by atoms with van der Waals surface area (Å²) < 4.78 is 4.96. The number of hydrogen-bond acceptors (Lipinski definition) is 5. The summed E-state index contributed by atoms with van der Waals surface area (Å²) in [6, 6.07) is 3.75. The van der Waals surface area contributed by atoms with Gasteiger partial charge in [0.15, 0.2) is 0 Å². The molecule has 2 heterocycles. The van der Waals surface area contributed by atoms with Crippen molar-refractivity contribution in [2.75, 3.05) is 11.1 Å². The van der Waals surface area contributed by atoms with E-state index < -0.39 is 0 Å². The highest BCUT2D eigenvalue weighted by atomic mass is 16.5. The van der Waals surface area contributed by atoms with Crippen molar-refractivity contribution in [2.24, 2.45) is 0 Å². The summed E-state index contributed by atoms with van der Waals surface area (Å²) in [5, 5.41) is 6.98. The number of rotatable bonds is 3. The van der Waals surface area contributed by atoms with Gasteiger partial charge in [-0.1, -0.05) is 5.16 Å². The van der Waals surface area contributed by atoms with Crippen molar-refractivity contribution in [3.8, 4) is 0 Å². The van der Waals surface area contributed by atoms with Crippen LogP contribution in [0.2, 0.25) is 0 Å². The third-order valence-electron chi connectivity index (χ3n) is 2.17. The Hall–Kier alpha value is -2.04. The number of nitrogens with two attached hydrogens (primary N) is 1. The molecule has 0 amide bonds. The van der Waals surface area contributed by atoms with Gasteiger partial charge in [-0.25, -0.2) is 4.98 Å². The first kappa shape index (κ1) is 10.5. The van der Waals surface area contributed by atoms with E-state index in [0.717, 1.165) is 17.0 Å². The first-order valence-electron chi connectivity index (χ1n) is 5.03. The minimum absolute atomic E-state index is 0.553. The van der Waals surface area contributed by atoms with Crippen molar-refractivity contribution in [3.05, 3.63) is 35.3 Å². The molecular formula is C11H14N4O. The van der Waals surface area contributed by atoms with Crippen LogP contribution in [0.25, 0.3) is 0 Å². The summed E-state index contributed by atoms with van der Waals surface area (Å²) in [6.07, 6.45) is 1.77. The summed E-state index contributed by atoms with van der Waals surface area (Å²) in [5.74, 6) is 1.47. The Balaban J connectivity index is 2.04. The van der Waals surface area contributed by atoms with Crippen LogP contribution in [0, 0.1) is 13.8 Å². The smallest absolute Gasteiger partial charge is 0.149 e. The van der Waals surface area contributed by atoms with Gasteiger partial charge in [0, 0.05) is 12.3 Å². The summed E-state index contributed by atoms with van der Waals surface area (Å²) in [4.78, 5) is 4.21. The molecule has 0 aliphatic rings. The number of aryl methyl sites for hydroxylation is 2. The average molecular weight is 218 g/mol. The van der Waals surface area contributed by atoms with E-state index in [0.29, 0.717) is 18.1 Å². The minimum Gasteiger partial charge on any atom is -0.396 e. The Morgan fingerprint density at radius 2 is 2.19 bits per heavy atom. The topological polar surface area (TPSA) is 77.0 Å². The van der Waals surface area contributed by atoms with Crippen LogP contribution in [0.4, 0.5) is 11.5 Å². The summed E-state index contributed by atoms with van der Waals surface area (Å²) >= 11 is 0. The van der Waals surface area contributed by atoms with Crippen LogP contribution in [0.3, 0.4) is 0 Å². The van der Waals surface area contributed by atoms with Gasteiger partial charge >= 0.3 is 0 Å². The number of anilines is 2. The van der Waals surface area contributed by atoms with E-state index in [9.17, 15) is 0 Å². The zero-order chi connectivity index (χ0) is 11.5. The Bertz CT molecular complexity index is 492. The molecule has 0 fully saturated rings. The molecule has 0 bridgehead atoms.